The molecular formula is C19H24N4O5. The van der Waals surface area contributed by atoms with Crippen LogP contribution in [0.2, 0.25) is 0 Å². The largest absolute Gasteiger partial charge is 0.452 e. The number of benzene rings is 1. The fourth-order valence-electron chi connectivity index (χ4n) is 3.45. The minimum Gasteiger partial charge on any atom is -0.452 e. The maximum Gasteiger partial charge on any atom is 0.338 e. The van der Waals surface area contributed by atoms with Crippen LogP contribution in [0.3, 0.4) is 0 Å². The summed E-state index contributed by atoms with van der Waals surface area (Å²) >= 11 is 0. The van der Waals surface area contributed by atoms with E-state index in [4.69, 9.17) is 4.74 Å². The number of carbonyl (C=O) groups is 4. The zero-order valence-electron chi connectivity index (χ0n) is 15.9. The molecule has 3 amide bonds. The standard InChI is InChI=1S/C19H24N4O5/c1-3-20-17(25)11(2)21-16(24)10-28-19(27)12-6-7-14-13(9-12)22-18(26)15-5-4-8-23(14)15/h6-7,9,11,15H,3-5,8,10H2,1-2H3,(H,20,25)(H,21,24)(H,22,26)/t11-,15-/m1/s1. The molecule has 2 aliphatic rings. The van der Waals surface area contributed by atoms with Crippen LogP contribution in [-0.2, 0) is 19.1 Å². The minimum absolute atomic E-state index is 0.0748. The Morgan fingerprint density at radius 3 is 2.89 bits per heavy atom. The van der Waals surface area contributed by atoms with Gasteiger partial charge in [0, 0.05) is 13.1 Å². The van der Waals surface area contributed by atoms with E-state index in [1.165, 1.54) is 0 Å². The van der Waals surface area contributed by atoms with Crippen LogP contribution >= 0.6 is 0 Å². The van der Waals surface area contributed by atoms with Crippen molar-refractivity contribution in [2.45, 2.75) is 38.8 Å². The Kier molecular flexibility index (Phi) is 5.81. The lowest BCUT2D eigenvalue weighted by atomic mass is 10.1. The first kappa shape index (κ1) is 19.7. The molecule has 0 aromatic heterocycles. The number of hydrogen-bond donors (Lipinski definition) is 3. The van der Waals surface area contributed by atoms with Crippen molar-refractivity contribution in [2.75, 3.05) is 29.9 Å². The van der Waals surface area contributed by atoms with Crippen LogP contribution in [0.1, 0.15) is 37.0 Å². The highest BCUT2D eigenvalue weighted by molar-refractivity contribution is 6.05. The van der Waals surface area contributed by atoms with Gasteiger partial charge in [0.2, 0.25) is 11.8 Å². The summed E-state index contributed by atoms with van der Waals surface area (Å²) < 4.78 is 5.03. The number of carbonyl (C=O) groups excluding carboxylic acids is 4. The first-order valence-corrected chi connectivity index (χ1v) is 9.36. The van der Waals surface area contributed by atoms with E-state index in [1.54, 1.807) is 32.0 Å². The molecule has 0 bridgehead atoms. The maximum absolute atomic E-state index is 12.3. The molecular weight excluding hydrogens is 364 g/mol. The molecule has 150 valence electrons. The van der Waals surface area contributed by atoms with Gasteiger partial charge in [-0.25, -0.2) is 4.79 Å². The van der Waals surface area contributed by atoms with Crippen molar-refractivity contribution < 1.29 is 23.9 Å². The highest BCUT2D eigenvalue weighted by Crippen LogP contribution is 2.37. The van der Waals surface area contributed by atoms with Crippen molar-refractivity contribution >= 4 is 35.1 Å². The highest BCUT2D eigenvalue weighted by Gasteiger charge is 2.36. The zero-order chi connectivity index (χ0) is 20.3. The number of hydrogen-bond acceptors (Lipinski definition) is 6. The Hall–Kier alpha value is -3.10. The molecule has 28 heavy (non-hydrogen) atoms. The smallest absolute Gasteiger partial charge is 0.338 e. The summed E-state index contributed by atoms with van der Waals surface area (Å²) in [7, 11) is 0. The molecule has 0 unspecified atom stereocenters. The van der Waals surface area contributed by atoms with E-state index < -0.39 is 24.5 Å². The van der Waals surface area contributed by atoms with Crippen molar-refractivity contribution in [1.82, 2.24) is 10.6 Å². The number of nitrogens with one attached hydrogen (secondary N) is 3. The summed E-state index contributed by atoms with van der Waals surface area (Å²) in [6.45, 7) is 4.09. The summed E-state index contributed by atoms with van der Waals surface area (Å²) in [5, 5.41) is 7.88. The van der Waals surface area contributed by atoms with Gasteiger partial charge in [0.05, 0.1) is 16.9 Å². The second-order valence-electron chi connectivity index (χ2n) is 6.83. The quantitative estimate of drug-likeness (QED) is 0.608. The van der Waals surface area contributed by atoms with Crippen molar-refractivity contribution in [3.8, 4) is 0 Å². The number of likely N-dealkylation sites (N-methyl/N-ethyl adjacent to an activating group) is 1. The number of amides is 3. The van der Waals surface area contributed by atoms with Crippen molar-refractivity contribution in [3.05, 3.63) is 23.8 Å². The fraction of sp³-hybridized carbons (Fsp3) is 0.474. The Bertz CT molecular complexity index is 810. The number of anilines is 2. The van der Waals surface area contributed by atoms with Crippen LogP contribution in [0.15, 0.2) is 18.2 Å². The SMILES string of the molecule is CCNC(=O)[C@@H](C)NC(=O)COC(=O)c1ccc2c(c1)NC(=O)[C@H]1CCCN21. The third-order valence-electron chi connectivity index (χ3n) is 4.81. The molecule has 1 aromatic rings. The second kappa shape index (κ2) is 8.28. The van der Waals surface area contributed by atoms with Crippen molar-refractivity contribution in [1.29, 1.82) is 0 Å². The molecule has 3 rings (SSSR count). The van der Waals surface area contributed by atoms with Gasteiger partial charge in [-0.1, -0.05) is 0 Å². The minimum atomic E-state index is -0.724. The molecule has 9 nitrogen and oxygen atoms in total. The van der Waals surface area contributed by atoms with E-state index in [0.717, 1.165) is 25.1 Å². The third kappa shape index (κ3) is 4.08. The van der Waals surface area contributed by atoms with E-state index >= 15 is 0 Å². The highest BCUT2D eigenvalue weighted by atomic mass is 16.5. The zero-order valence-corrected chi connectivity index (χ0v) is 15.9. The number of fused-ring (bicyclic) bond motifs is 3. The summed E-state index contributed by atoms with van der Waals surface area (Å²) in [6.07, 6.45) is 1.77. The first-order valence-electron chi connectivity index (χ1n) is 9.36. The number of esters is 1. The van der Waals surface area contributed by atoms with Gasteiger partial charge in [-0.05, 0) is 44.9 Å². The van der Waals surface area contributed by atoms with Gasteiger partial charge in [-0.15, -0.1) is 0 Å². The predicted octanol–water partition coefficient (Wildman–Crippen LogP) is 0.405. The summed E-state index contributed by atoms with van der Waals surface area (Å²) in [6, 6.07) is 4.07. The van der Waals surface area contributed by atoms with Gasteiger partial charge >= 0.3 is 5.97 Å². The molecule has 2 aliphatic heterocycles. The van der Waals surface area contributed by atoms with Gasteiger partial charge in [-0.2, -0.15) is 0 Å². The molecule has 1 saturated heterocycles. The van der Waals surface area contributed by atoms with E-state index in [0.29, 0.717) is 12.2 Å². The van der Waals surface area contributed by atoms with Gasteiger partial charge in [-0.3, -0.25) is 14.4 Å². The Balaban J connectivity index is 1.58. The topological polar surface area (TPSA) is 117 Å². The maximum atomic E-state index is 12.3. The average molecular weight is 388 g/mol. The lowest BCUT2D eigenvalue weighted by Crippen LogP contribution is -2.46. The van der Waals surface area contributed by atoms with Gasteiger partial charge < -0.3 is 25.6 Å². The van der Waals surface area contributed by atoms with Crippen molar-refractivity contribution in [3.63, 3.8) is 0 Å². The first-order chi connectivity index (χ1) is 13.4. The van der Waals surface area contributed by atoms with Crippen molar-refractivity contribution in [2.24, 2.45) is 0 Å². The van der Waals surface area contributed by atoms with E-state index in [2.05, 4.69) is 16.0 Å². The number of ether oxygens (including phenoxy) is 1. The van der Waals surface area contributed by atoms with Crippen LogP contribution in [0.25, 0.3) is 0 Å². The molecule has 2 atom stereocenters. The molecule has 9 heteroatoms. The second-order valence-corrected chi connectivity index (χ2v) is 6.83. The predicted molar refractivity (Wildman–Crippen MR) is 102 cm³/mol. The third-order valence-corrected chi connectivity index (χ3v) is 4.81. The van der Waals surface area contributed by atoms with Crippen LogP contribution in [0, 0.1) is 0 Å². The molecule has 0 saturated carbocycles. The Labute approximate surface area is 162 Å². The molecule has 1 aromatic carbocycles. The van der Waals surface area contributed by atoms with E-state index in [9.17, 15) is 19.2 Å². The van der Waals surface area contributed by atoms with E-state index in [-0.39, 0.29) is 23.4 Å². The molecule has 1 fully saturated rings. The average Bonchev–Trinajstić information content (AvgIpc) is 3.16. The Morgan fingerprint density at radius 1 is 1.36 bits per heavy atom. The van der Waals surface area contributed by atoms with Crippen LogP contribution in [-0.4, -0.2) is 55.5 Å². The van der Waals surface area contributed by atoms with Gasteiger partial charge in [0.15, 0.2) is 6.61 Å². The molecule has 0 aliphatic carbocycles. The van der Waals surface area contributed by atoms with Crippen LogP contribution in [0.5, 0.6) is 0 Å². The summed E-state index contributed by atoms with van der Waals surface area (Å²) in [5.41, 5.74) is 1.68. The lowest BCUT2D eigenvalue weighted by Gasteiger charge is -2.33. The molecule has 3 N–H and O–H groups in total. The molecule has 0 radical (unpaired) electrons. The Morgan fingerprint density at radius 2 is 2.14 bits per heavy atom. The number of nitrogens with zero attached hydrogens (tertiary/aromatic N) is 1. The van der Waals surface area contributed by atoms with Gasteiger partial charge in [0.25, 0.3) is 5.91 Å². The lowest BCUT2D eigenvalue weighted by molar-refractivity contribution is -0.130. The summed E-state index contributed by atoms with van der Waals surface area (Å²) in [4.78, 5) is 50.0. The van der Waals surface area contributed by atoms with Crippen LogP contribution in [0.4, 0.5) is 11.4 Å². The summed E-state index contributed by atoms with van der Waals surface area (Å²) in [5.74, 6) is -1.64. The van der Waals surface area contributed by atoms with E-state index in [1.807, 2.05) is 4.90 Å². The van der Waals surface area contributed by atoms with Gasteiger partial charge in [0.1, 0.15) is 12.1 Å². The molecule has 2 heterocycles. The fourth-order valence-corrected chi connectivity index (χ4v) is 3.45. The molecule has 0 spiro atoms. The van der Waals surface area contributed by atoms with Crippen LogP contribution < -0.4 is 20.9 Å². The normalized spacial score (nSPS) is 18.4. The monoisotopic (exact) mass is 388 g/mol. The number of rotatable bonds is 6.